The van der Waals surface area contributed by atoms with Crippen molar-refractivity contribution in [2.24, 2.45) is 0 Å². The number of nitro groups is 1. The van der Waals surface area contributed by atoms with Crippen LogP contribution in [0.2, 0.25) is 0 Å². The first kappa shape index (κ1) is 14.9. The van der Waals surface area contributed by atoms with Gasteiger partial charge in [-0.2, -0.15) is 9.38 Å². The Labute approximate surface area is 142 Å². The van der Waals surface area contributed by atoms with E-state index in [9.17, 15) is 10.1 Å². The third-order valence-electron chi connectivity index (χ3n) is 4.10. The van der Waals surface area contributed by atoms with Crippen molar-refractivity contribution in [3.05, 3.63) is 51.5 Å². The molecule has 0 saturated carbocycles. The van der Waals surface area contributed by atoms with Crippen LogP contribution in [0.5, 0.6) is 5.75 Å². The molecule has 1 aliphatic rings. The molecule has 0 fully saturated rings. The number of para-hydroxylation sites is 1. The Morgan fingerprint density at radius 3 is 3.04 bits per heavy atom. The molecule has 0 spiro atoms. The molecule has 0 amide bonds. The van der Waals surface area contributed by atoms with Crippen molar-refractivity contribution in [2.45, 2.75) is 31.9 Å². The van der Waals surface area contributed by atoms with Gasteiger partial charge in [0.25, 0.3) is 4.96 Å². The zero-order valence-electron chi connectivity index (χ0n) is 13.2. The van der Waals surface area contributed by atoms with Gasteiger partial charge in [0.2, 0.25) is 5.82 Å². The quantitative estimate of drug-likeness (QED) is 0.573. The number of fused-ring (bicyclic) bond motifs is 2. The molecule has 1 unspecified atom stereocenters. The predicted octanol–water partition coefficient (Wildman–Crippen LogP) is 4.02. The predicted molar refractivity (Wildman–Crippen MR) is 91.9 cm³/mol. The van der Waals surface area contributed by atoms with E-state index in [1.807, 2.05) is 38.1 Å². The first-order valence-corrected chi connectivity index (χ1v) is 8.47. The van der Waals surface area contributed by atoms with E-state index in [4.69, 9.17) is 4.74 Å². The van der Waals surface area contributed by atoms with Crippen molar-refractivity contribution in [1.82, 2.24) is 9.38 Å². The van der Waals surface area contributed by atoms with Gasteiger partial charge in [0.1, 0.15) is 17.5 Å². The molecule has 1 aromatic carbocycles. The van der Waals surface area contributed by atoms with E-state index in [-0.39, 0.29) is 17.5 Å². The molecule has 1 atom stereocenters. The lowest BCUT2D eigenvalue weighted by Gasteiger charge is -2.37. The fourth-order valence-electron chi connectivity index (χ4n) is 3.14. The number of imidazole rings is 1. The van der Waals surface area contributed by atoms with Crippen LogP contribution in [0.25, 0.3) is 4.96 Å². The van der Waals surface area contributed by atoms with Crippen LogP contribution in [0, 0.1) is 10.1 Å². The number of aromatic nitrogens is 2. The van der Waals surface area contributed by atoms with E-state index in [2.05, 4.69) is 10.3 Å². The number of hydrogen-bond acceptors (Lipinski definition) is 6. The molecular formula is C16H16N4O3S. The Balaban J connectivity index is 1.77. The topological polar surface area (TPSA) is 81.7 Å². The largest absolute Gasteiger partial charge is 0.487 e. The van der Waals surface area contributed by atoms with E-state index in [1.54, 1.807) is 11.6 Å². The van der Waals surface area contributed by atoms with Gasteiger partial charge in [-0.25, -0.2) is 0 Å². The minimum Gasteiger partial charge on any atom is -0.487 e. The van der Waals surface area contributed by atoms with Crippen LogP contribution in [0.4, 0.5) is 11.6 Å². The number of rotatable bonds is 3. The van der Waals surface area contributed by atoms with E-state index < -0.39 is 4.92 Å². The highest BCUT2D eigenvalue weighted by Gasteiger charge is 2.35. The number of nitrogens with one attached hydrogen (secondary N) is 1. The maximum absolute atomic E-state index is 11.5. The van der Waals surface area contributed by atoms with Crippen LogP contribution < -0.4 is 10.1 Å². The monoisotopic (exact) mass is 344 g/mol. The second-order valence-corrected chi connectivity index (χ2v) is 7.27. The Bertz CT molecular complexity index is 930. The first-order valence-electron chi connectivity index (χ1n) is 7.59. The third kappa shape index (κ3) is 2.39. The zero-order valence-corrected chi connectivity index (χ0v) is 14.0. The number of thiazole rings is 1. The summed E-state index contributed by atoms with van der Waals surface area (Å²) < 4.78 is 7.51. The van der Waals surface area contributed by atoms with Gasteiger partial charge >= 0.3 is 5.82 Å². The molecular weight excluding hydrogens is 328 g/mol. The number of hydrogen-bond donors (Lipinski definition) is 1. The van der Waals surface area contributed by atoms with Crippen molar-refractivity contribution in [3.8, 4) is 5.75 Å². The van der Waals surface area contributed by atoms with Crippen molar-refractivity contribution in [1.29, 1.82) is 0 Å². The number of benzene rings is 1. The van der Waals surface area contributed by atoms with Crippen LogP contribution in [0.15, 0.2) is 35.8 Å². The molecule has 0 saturated heterocycles. The van der Waals surface area contributed by atoms with Gasteiger partial charge < -0.3 is 20.2 Å². The summed E-state index contributed by atoms with van der Waals surface area (Å²) in [7, 11) is 0. The van der Waals surface area contributed by atoms with E-state index >= 15 is 0 Å². The fourth-order valence-corrected chi connectivity index (χ4v) is 3.85. The van der Waals surface area contributed by atoms with Gasteiger partial charge in [0.15, 0.2) is 0 Å². The van der Waals surface area contributed by atoms with Gasteiger partial charge in [0.05, 0.1) is 6.04 Å². The summed E-state index contributed by atoms with van der Waals surface area (Å²) in [6, 6.07) is 7.66. The zero-order chi connectivity index (χ0) is 16.9. The minimum absolute atomic E-state index is 0.0342. The molecule has 1 N–H and O–H groups in total. The van der Waals surface area contributed by atoms with Gasteiger partial charge in [-0.1, -0.05) is 29.5 Å². The Morgan fingerprint density at radius 2 is 2.25 bits per heavy atom. The molecule has 0 radical (unpaired) electrons. The average Bonchev–Trinajstić information content (AvgIpc) is 3.05. The first-order chi connectivity index (χ1) is 11.4. The summed E-state index contributed by atoms with van der Waals surface area (Å²) in [5, 5.41) is 16.5. The van der Waals surface area contributed by atoms with Crippen LogP contribution >= 0.6 is 11.3 Å². The van der Waals surface area contributed by atoms with Crippen LogP contribution in [0.3, 0.4) is 0 Å². The van der Waals surface area contributed by atoms with Crippen LogP contribution in [0.1, 0.15) is 31.9 Å². The Hall–Kier alpha value is -2.61. The van der Waals surface area contributed by atoms with Crippen molar-refractivity contribution >= 4 is 27.9 Å². The average molecular weight is 344 g/mol. The second-order valence-electron chi connectivity index (χ2n) is 6.40. The molecule has 2 aromatic heterocycles. The SMILES string of the molecule is CC1(C)CC(Nc2nc3sccn3c2[N+](=O)[O-])c2ccccc2O1. The molecule has 0 bridgehead atoms. The minimum atomic E-state index is -0.397. The summed E-state index contributed by atoms with van der Waals surface area (Å²) >= 11 is 1.37. The Kier molecular flexibility index (Phi) is 3.24. The molecule has 7 nitrogen and oxygen atoms in total. The standard InChI is InChI=1S/C16H16N4O3S/c1-16(2)9-11(10-5-3-4-6-12(10)23-16)17-13-14(20(21)22)19-7-8-24-15(19)18-13/h3-8,11,17H,9H2,1-2H3. The van der Waals surface area contributed by atoms with Crippen molar-refractivity contribution in [3.63, 3.8) is 0 Å². The number of anilines is 1. The highest BCUT2D eigenvalue weighted by atomic mass is 32.1. The summed E-state index contributed by atoms with van der Waals surface area (Å²) in [5.41, 5.74) is 0.625. The van der Waals surface area contributed by atoms with E-state index in [0.717, 1.165) is 11.3 Å². The summed E-state index contributed by atoms with van der Waals surface area (Å²) in [6.07, 6.45) is 2.35. The normalized spacial score (nSPS) is 18.8. The molecule has 124 valence electrons. The molecule has 24 heavy (non-hydrogen) atoms. The summed E-state index contributed by atoms with van der Waals surface area (Å²) in [6.45, 7) is 4.02. The molecule has 0 aliphatic carbocycles. The lowest BCUT2D eigenvalue weighted by atomic mass is 9.90. The highest BCUT2D eigenvalue weighted by Crippen LogP contribution is 2.42. The van der Waals surface area contributed by atoms with Gasteiger partial charge in [-0.3, -0.25) is 0 Å². The maximum Gasteiger partial charge on any atom is 0.372 e. The van der Waals surface area contributed by atoms with Crippen LogP contribution in [-0.2, 0) is 0 Å². The molecule has 1 aliphatic heterocycles. The molecule has 3 aromatic rings. The molecule has 4 rings (SSSR count). The second kappa shape index (κ2) is 5.20. The van der Waals surface area contributed by atoms with E-state index in [0.29, 0.717) is 17.2 Å². The molecule has 3 heterocycles. The fraction of sp³-hybridized carbons (Fsp3) is 0.312. The third-order valence-corrected chi connectivity index (χ3v) is 4.85. The van der Waals surface area contributed by atoms with E-state index in [1.165, 1.54) is 15.7 Å². The molecule has 8 heteroatoms. The maximum atomic E-state index is 11.5. The number of ether oxygens (including phenoxy) is 1. The number of nitrogens with zero attached hydrogens (tertiary/aromatic N) is 3. The van der Waals surface area contributed by atoms with Crippen molar-refractivity contribution < 1.29 is 9.66 Å². The van der Waals surface area contributed by atoms with Gasteiger partial charge in [-0.05, 0) is 24.8 Å². The smallest absolute Gasteiger partial charge is 0.372 e. The van der Waals surface area contributed by atoms with Gasteiger partial charge in [0, 0.05) is 17.4 Å². The van der Waals surface area contributed by atoms with Gasteiger partial charge in [-0.15, -0.1) is 0 Å². The lowest BCUT2D eigenvalue weighted by Crippen LogP contribution is -2.37. The highest BCUT2D eigenvalue weighted by molar-refractivity contribution is 7.15. The summed E-state index contributed by atoms with van der Waals surface area (Å²) in [5.74, 6) is 1.06. The summed E-state index contributed by atoms with van der Waals surface area (Å²) in [4.78, 5) is 16.1. The Morgan fingerprint density at radius 1 is 1.46 bits per heavy atom. The lowest BCUT2D eigenvalue weighted by molar-refractivity contribution is -0.389. The van der Waals surface area contributed by atoms with Crippen molar-refractivity contribution in [2.75, 3.05) is 5.32 Å². The van der Waals surface area contributed by atoms with Crippen LogP contribution in [-0.4, -0.2) is 19.9 Å².